The van der Waals surface area contributed by atoms with Gasteiger partial charge in [-0.25, -0.2) is 6.54 Å². The third-order valence-electron chi connectivity index (χ3n) is 6.48. The monoisotopic (exact) mass is 706 g/mol. The van der Waals surface area contributed by atoms with E-state index < -0.39 is 20.9 Å². The first-order valence-electron chi connectivity index (χ1n) is 13.7. The van der Waals surface area contributed by atoms with E-state index in [1.165, 1.54) is 41.8 Å². The number of benzene rings is 3. The van der Waals surface area contributed by atoms with Crippen molar-refractivity contribution in [3.05, 3.63) is 83.4 Å². The summed E-state index contributed by atoms with van der Waals surface area (Å²) in [7, 11) is 10.5. The van der Waals surface area contributed by atoms with E-state index in [0.29, 0.717) is 28.7 Å². The molecule has 1 aliphatic rings. The fraction of sp³-hybridized carbons (Fsp3) is 0.375. The maximum absolute atomic E-state index is 13.8. The van der Waals surface area contributed by atoms with Crippen LogP contribution in [0.4, 0.5) is 5.69 Å². The molecule has 0 N–H and O–H groups in total. The molecular formula is C32H41Cl2NO4PRu-. The fourth-order valence-electron chi connectivity index (χ4n) is 4.93. The predicted octanol–water partition coefficient (Wildman–Crippen LogP) is 8.20. The Morgan fingerprint density at radius 3 is 2.17 bits per heavy atom. The van der Waals surface area contributed by atoms with Gasteiger partial charge < -0.3 is 4.90 Å². The van der Waals surface area contributed by atoms with Crippen molar-refractivity contribution in [2.45, 2.75) is 60.5 Å². The molecule has 0 aromatic heterocycles. The molecule has 0 amide bonds. The van der Waals surface area contributed by atoms with Crippen molar-refractivity contribution in [2.75, 3.05) is 25.2 Å². The maximum Gasteiger partial charge on any atom is 0.0130 e. The maximum atomic E-state index is 13.8. The van der Waals surface area contributed by atoms with Gasteiger partial charge in [-0.2, -0.15) is 6.42 Å². The first kappa shape index (κ1) is 33.8. The second-order valence-corrected chi connectivity index (χ2v) is 18.2. The van der Waals surface area contributed by atoms with Gasteiger partial charge in [0, 0.05) is 5.69 Å². The molecule has 0 aliphatic carbocycles. The van der Waals surface area contributed by atoms with Gasteiger partial charge >= 0.3 is 174 Å². The minimum absolute atomic E-state index is 0.00501. The van der Waals surface area contributed by atoms with Crippen LogP contribution in [0.15, 0.2) is 54.6 Å². The zero-order valence-electron chi connectivity index (χ0n) is 24.9. The third-order valence-corrected chi connectivity index (χ3v) is 10.9. The SMILES string of the molecule is CCOP(=O)(c1ccc(OC)cc1)c1ccc(OC(C)C)c([CH]=[Ru]([Cl])[Cl])c1.Cc1cc(C)c(N2[CH-]CCC2)c(C)c1. The predicted molar refractivity (Wildman–Crippen MR) is 172 cm³/mol. The van der Waals surface area contributed by atoms with Crippen molar-refractivity contribution in [3.8, 4) is 11.5 Å². The van der Waals surface area contributed by atoms with E-state index in [9.17, 15) is 4.57 Å². The first-order valence-corrected chi connectivity index (χ1v) is 20.8. The molecule has 1 aliphatic heterocycles. The molecule has 3 aromatic rings. The molecule has 1 fully saturated rings. The molecule has 4 rings (SSSR count). The number of nitrogens with zero attached hydrogens (tertiary/aromatic N) is 1. The van der Waals surface area contributed by atoms with Gasteiger partial charge in [-0.15, -0.1) is 0 Å². The van der Waals surface area contributed by atoms with Gasteiger partial charge in [0.1, 0.15) is 0 Å². The van der Waals surface area contributed by atoms with Crippen LogP contribution in [0.25, 0.3) is 0 Å². The second kappa shape index (κ2) is 15.7. The Kier molecular flexibility index (Phi) is 12.9. The van der Waals surface area contributed by atoms with Gasteiger partial charge in [0.15, 0.2) is 0 Å². The van der Waals surface area contributed by atoms with Gasteiger partial charge in [-0.05, 0) is 38.4 Å². The number of rotatable bonds is 9. The Bertz CT molecular complexity index is 1360. The van der Waals surface area contributed by atoms with Crippen molar-refractivity contribution < 1.29 is 32.1 Å². The zero-order valence-corrected chi connectivity index (χ0v) is 29.0. The van der Waals surface area contributed by atoms with Crippen molar-refractivity contribution in [1.29, 1.82) is 0 Å². The summed E-state index contributed by atoms with van der Waals surface area (Å²) in [6.45, 7) is 16.1. The van der Waals surface area contributed by atoms with Crippen molar-refractivity contribution in [1.82, 2.24) is 0 Å². The third kappa shape index (κ3) is 9.15. The molecule has 9 heteroatoms. The topological polar surface area (TPSA) is 48.0 Å². The number of ether oxygens (including phenoxy) is 2. The number of hydrogen-bond donors (Lipinski definition) is 0. The van der Waals surface area contributed by atoms with Crippen molar-refractivity contribution in [2.24, 2.45) is 0 Å². The number of anilines is 1. The summed E-state index contributed by atoms with van der Waals surface area (Å²) in [6, 6.07) is 17.0. The summed E-state index contributed by atoms with van der Waals surface area (Å²) in [4.78, 5) is 2.41. The fourth-order valence-corrected chi connectivity index (χ4v) is 8.80. The van der Waals surface area contributed by atoms with Crippen LogP contribution in [0, 0.1) is 27.3 Å². The summed E-state index contributed by atoms with van der Waals surface area (Å²) in [6.07, 6.45) is 2.52. The second-order valence-electron chi connectivity index (χ2n) is 10.1. The van der Waals surface area contributed by atoms with Crippen LogP contribution in [-0.4, -0.2) is 31.0 Å². The molecule has 1 unspecified atom stereocenters. The van der Waals surface area contributed by atoms with Gasteiger partial charge in [0.05, 0.1) is 0 Å². The van der Waals surface area contributed by atoms with Crippen molar-refractivity contribution >= 4 is 47.7 Å². The summed E-state index contributed by atoms with van der Waals surface area (Å²) < 4.78 is 32.4. The number of methoxy groups -OCH3 is 1. The molecule has 0 radical (unpaired) electrons. The molecule has 1 saturated heterocycles. The minimum Gasteiger partial charge on any atom is -0.522 e. The number of hydrogen-bond acceptors (Lipinski definition) is 5. The van der Waals surface area contributed by atoms with Crippen LogP contribution in [0.3, 0.4) is 0 Å². The molecule has 5 nitrogen and oxygen atoms in total. The number of aryl methyl sites for hydroxylation is 3. The Balaban J connectivity index is 0.000000275. The van der Waals surface area contributed by atoms with Gasteiger partial charge in [-0.1, -0.05) is 24.1 Å². The standard InChI is InChI=1S/C19H23O4P.C13H18N.2ClH.Ru/c1-6-22-24(20,17-9-7-16(21-5)8-10-17)18-11-12-19(15(4)13-18)23-14(2)3;1-10-8-11(2)13(12(3)9-10)14-6-4-5-7-14;;;/h4,7-14H,6H2,1-3,5H3;6,8-9H,4-5,7H2,1-3H3;2*1H;/q;-1;;;+2/p-2. The molecule has 0 saturated carbocycles. The summed E-state index contributed by atoms with van der Waals surface area (Å²) in [5, 5.41) is 1.17. The van der Waals surface area contributed by atoms with Crippen LogP contribution in [0.5, 0.6) is 11.5 Å². The molecule has 0 bridgehead atoms. The van der Waals surface area contributed by atoms with Crippen LogP contribution in [0.2, 0.25) is 0 Å². The molecule has 1 atom stereocenters. The quantitative estimate of drug-likeness (QED) is 0.128. The minimum atomic E-state index is -3.28. The molecular weight excluding hydrogens is 665 g/mol. The van der Waals surface area contributed by atoms with Crippen LogP contribution in [-0.2, 0) is 22.6 Å². The molecule has 226 valence electrons. The smallest absolute Gasteiger partial charge is 0.0130 e. The summed E-state index contributed by atoms with van der Waals surface area (Å²) in [5.41, 5.74) is 6.33. The number of halogens is 2. The largest absolute Gasteiger partial charge is 0.522 e. The van der Waals surface area contributed by atoms with Gasteiger partial charge in [-0.3, -0.25) is 0 Å². The zero-order chi connectivity index (χ0) is 30.2. The van der Waals surface area contributed by atoms with Crippen LogP contribution in [0.1, 0.15) is 55.9 Å². The first-order chi connectivity index (χ1) is 19.5. The van der Waals surface area contributed by atoms with E-state index in [4.69, 9.17) is 33.4 Å². The van der Waals surface area contributed by atoms with Crippen LogP contribution < -0.4 is 25.0 Å². The van der Waals surface area contributed by atoms with Gasteiger partial charge in [0.25, 0.3) is 0 Å². The van der Waals surface area contributed by atoms with E-state index in [2.05, 4.69) is 44.3 Å². The molecule has 41 heavy (non-hydrogen) atoms. The van der Waals surface area contributed by atoms with E-state index in [1.807, 2.05) is 20.8 Å². The van der Waals surface area contributed by atoms with Crippen LogP contribution >= 0.6 is 26.8 Å². The molecule has 3 aromatic carbocycles. The average molecular weight is 707 g/mol. The van der Waals surface area contributed by atoms with E-state index in [-0.39, 0.29) is 6.10 Å². The summed E-state index contributed by atoms with van der Waals surface area (Å²) >= 11 is -2.10. The Morgan fingerprint density at radius 1 is 1.02 bits per heavy atom. The normalized spacial score (nSPS) is 14.7. The van der Waals surface area contributed by atoms with Gasteiger partial charge in [0.2, 0.25) is 0 Å². The Hall–Kier alpha value is -1.68. The van der Waals surface area contributed by atoms with Crippen molar-refractivity contribution in [3.63, 3.8) is 0 Å². The van der Waals surface area contributed by atoms with E-state index in [0.717, 1.165) is 5.56 Å². The Labute approximate surface area is 259 Å². The summed E-state index contributed by atoms with van der Waals surface area (Å²) in [5.74, 6) is 1.35. The van der Waals surface area contributed by atoms with E-state index in [1.54, 1.807) is 54.2 Å². The molecule has 0 spiro atoms. The average Bonchev–Trinajstić information content (AvgIpc) is 3.43. The Morgan fingerprint density at radius 2 is 1.66 bits per heavy atom. The van der Waals surface area contributed by atoms with E-state index >= 15 is 0 Å². The molecule has 1 heterocycles.